The van der Waals surface area contributed by atoms with Crippen LogP contribution in [0.15, 0.2) is 29.8 Å². The van der Waals surface area contributed by atoms with E-state index in [2.05, 4.69) is 64.2 Å². The van der Waals surface area contributed by atoms with Gasteiger partial charge in [0, 0.05) is 0 Å². The number of hydrogen-bond donors (Lipinski definition) is 0. The first-order valence-corrected chi connectivity index (χ1v) is 9.62. The molecule has 1 aromatic rings. The molecular weight excluding hydrogens is 236 g/mol. The molecule has 0 aliphatic heterocycles. The van der Waals surface area contributed by atoms with E-state index in [1.807, 2.05) is 0 Å². The molecule has 0 fully saturated rings. The van der Waals surface area contributed by atoms with Gasteiger partial charge >= 0.3 is 0 Å². The van der Waals surface area contributed by atoms with E-state index >= 15 is 0 Å². The summed E-state index contributed by atoms with van der Waals surface area (Å²) in [6.45, 7) is 12.3. The van der Waals surface area contributed by atoms with E-state index in [0.29, 0.717) is 5.04 Å². The topological polar surface area (TPSA) is 9.23 Å². The molecule has 1 aliphatic rings. The molecule has 0 saturated carbocycles. The van der Waals surface area contributed by atoms with Crippen molar-refractivity contribution >= 4 is 14.4 Å². The first-order valence-electron chi connectivity index (χ1n) is 6.71. The van der Waals surface area contributed by atoms with Crippen molar-refractivity contribution in [1.82, 2.24) is 0 Å². The van der Waals surface area contributed by atoms with E-state index in [-0.39, 0.29) is 0 Å². The van der Waals surface area contributed by atoms with Gasteiger partial charge in [0.05, 0.1) is 6.61 Å². The summed E-state index contributed by atoms with van der Waals surface area (Å²) in [5.41, 5.74) is 4.22. The van der Waals surface area contributed by atoms with Crippen LogP contribution in [0.25, 0.3) is 6.08 Å². The Hall–Kier alpha value is -0.863. The summed E-state index contributed by atoms with van der Waals surface area (Å²) in [4.78, 5) is 0. The van der Waals surface area contributed by atoms with Crippen molar-refractivity contribution in [2.45, 2.75) is 45.3 Å². The molecule has 1 aliphatic carbocycles. The highest BCUT2D eigenvalue weighted by molar-refractivity contribution is 6.74. The average Bonchev–Trinajstić information content (AvgIpc) is 2.67. The summed E-state index contributed by atoms with van der Waals surface area (Å²) in [6.07, 6.45) is 3.35. The van der Waals surface area contributed by atoms with Crippen molar-refractivity contribution < 1.29 is 4.43 Å². The molecule has 1 aromatic carbocycles. The first-order chi connectivity index (χ1) is 8.29. The van der Waals surface area contributed by atoms with Crippen LogP contribution in [-0.2, 0) is 10.8 Å². The lowest BCUT2D eigenvalue weighted by Gasteiger charge is -2.36. The normalized spacial score (nSPS) is 15.5. The molecule has 0 spiro atoms. The molecule has 0 bridgehead atoms. The maximum atomic E-state index is 6.28. The molecule has 0 heterocycles. The van der Waals surface area contributed by atoms with Gasteiger partial charge in [0.2, 0.25) is 0 Å². The lowest BCUT2D eigenvalue weighted by Crippen LogP contribution is -2.41. The molecule has 2 rings (SSSR count). The van der Waals surface area contributed by atoms with Gasteiger partial charge < -0.3 is 4.43 Å². The molecule has 0 N–H and O–H groups in total. The van der Waals surface area contributed by atoms with Crippen molar-refractivity contribution in [1.29, 1.82) is 0 Å². The Morgan fingerprint density at radius 2 is 1.83 bits per heavy atom. The maximum absolute atomic E-state index is 6.28. The van der Waals surface area contributed by atoms with Crippen molar-refractivity contribution in [2.75, 3.05) is 6.61 Å². The largest absolute Gasteiger partial charge is 0.413 e. The van der Waals surface area contributed by atoms with Gasteiger partial charge in [-0.05, 0) is 41.3 Å². The fraction of sp³-hybridized carbons (Fsp3) is 0.500. The van der Waals surface area contributed by atoms with Gasteiger partial charge in [-0.2, -0.15) is 0 Å². The van der Waals surface area contributed by atoms with Crippen LogP contribution in [0.4, 0.5) is 0 Å². The fourth-order valence-corrected chi connectivity index (χ4v) is 2.91. The molecule has 0 saturated heterocycles. The van der Waals surface area contributed by atoms with Gasteiger partial charge in [-0.15, -0.1) is 0 Å². The highest BCUT2D eigenvalue weighted by atomic mass is 28.4. The van der Waals surface area contributed by atoms with E-state index in [9.17, 15) is 0 Å². The smallest absolute Gasteiger partial charge is 0.192 e. The van der Waals surface area contributed by atoms with Crippen molar-refractivity contribution in [3.8, 4) is 0 Å². The Kier molecular flexibility index (Phi) is 3.52. The van der Waals surface area contributed by atoms with Crippen LogP contribution in [0.2, 0.25) is 18.1 Å². The molecule has 98 valence electrons. The highest BCUT2D eigenvalue weighted by Crippen LogP contribution is 2.37. The molecule has 0 unspecified atom stereocenters. The summed E-state index contributed by atoms with van der Waals surface area (Å²) >= 11 is 0. The van der Waals surface area contributed by atoms with Crippen molar-refractivity contribution in [3.63, 3.8) is 0 Å². The molecule has 18 heavy (non-hydrogen) atoms. The first kappa shape index (κ1) is 13.6. The average molecular weight is 260 g/mol. The summed E-state index contributed by atoms with van der Waals surface area (Å²) in [6, 6.07) is 8.62. The monoisotopic (exact) mass is 260 g/mol. The van der Waals surface area contributed by atoms with Gasteiger partial charge in [-0.25, -0.2) is 0 Å². The quantitative estimate of drug-likeness (QED) is 0.719. The lowest BCUT2D eigenvalue weighted by atomic mass is 10.1. The zero-order valence-corrected chi connectivity index (χ0v) is 13.2. The van der Waals surface area contributed by atoms with E-state index < -0.39 is 8.32 Å². The zero-order valence-electron chi connectivity index (χ0n) is 12.2. The molecule has 0 amide bonds. The molecule has 0 radical (unpaired) electrons. The number of benzene rings is 1. The van der Waals surface area contributed by atoms with E-state index in [1.54, 1.807) is 0 Å². The second kappa shape index (κ2) is 4.67. The fourth-order valence-electron chi connectivity index (χ4n) is 1.93. The second-order valence-electron chi connectivity index (χ2n) is 6.73. The number of rotatable bonds is 3. The molecule has 0 atom stereocenters. The second-order valence-corrected chi connectivity index (χ2v) is 11.5. The SMILES string of the molecule is CC(C)(C)[Si](C)(C)OCC1=Cc2ccccc2C1. The third kappa shape index (κ3) is 2.75. The summed E-state index contributed by atoms with van der Waals surface area (Å²) in [5, 5.41) is 0.291. The van der Waals surface area contributed by atoms with Gasteiger partial charge in [-0.1, -0.05) is 51.1 Å². The summed E-state index contributed by atoms with van der Waals surface area (Å²) < 4.78 is 6.28. The van der Waals surface area contributed by atoms with Crippen LogP contribution in [0.3, 0.4) is 0 Å². The summed E-state index contributed by atoms with van der Waals surface area (Å²) in [7, 11) is -1.62. The number of hydrogen-bond acceptors (Lipinski definition) is 1. The Labute approximate surface area is 112 Å². The lowest BCUT2D eigenvalue weighted by molar-refractivity contribution is 0.318. The van der Waals surface area contributed by atoms with Gasteiger partial charge in [0.25, 0.3) is 0 Å². The standard InChI is InChI=1S/C16H24OSi/c1-16(2,3)18(4,5)17-12-13-10-14-8-6-7-9-15(14)11-13/h6-10H,11-12H2,1-5H3. The molecule has 1 nitrogen and oxygen atoms in total. The zero-order chi connectivity index (χ0) is 13.4. The van der Waals surface area contributed by atoms with Crippen LogP contribution in [-0.4, -0.2) is 14.9 Å². The summed E-state index contributed by atoms with van der Waals surface area (Å²) in [5.74, 6) is 0. The molecule has 2 heteroatoms. The minimum absolute atomic E-state index is 0.291. The predicted octanol–water partition coefficient (Wildman–Crippen LogP) is 4.65. The van der Waals surface area contributed by atoms with Crippen LogP contribution in [0.1, 0.15) is 31.9 Å². The molecule has 0 aromatic heterocycles. The van der Waals surface area contributed by atoms with Crippen LogP contribution >= 0.6 is 0 Å². The number of fused-ring (bicyclic) bond motifs is 1. The van der Waals surface area contributed by atoms with Gasteiger partial charge in [0.15, 0.2) is 8.32 Å². The van der Waals surface area contributed by atoms with Gasteiger partial charge in [-0.3, -0.25) is 0 Å². The third-order valence-electron chi connectivity index (χ3n) is 4.26. The van der Waals surface area contributed by atoms with Gasteiger partial charge in [0.1, 0.15) is 0 Å². The van der Waals surface area contributed by atoms with E-state index in [0.717, 1.165) is 13.0 Å². The Bertz CT molecular complexity index is 466. The van der Waals surface area contributed by atoms with Crippen LogP contribution in [0.5, 0.6) is 0 Å². The minimum Gasteiger partial charge on any atom is -0.413 e. The Morgan fingerprint density at radius 1 is 1.17 bits per heavy atom. The maximum Gasteiger partial charge on any atom is 0.192 e. The highest BCUT2D eigenvalue weighted by Gasteiger charge is 2.37. The van der Waals surface area contributed by atoms with Crippen LogP contribution in [0, 0.1) is 0 Å². The Morgan fingerprint density at radius 3 is 2.44 bits per heavy atom. The third-order valence-corrected chi connectivity index (χ3v) is 8.74. The van der Waals surface area contributed by atoms with Crippen molar-refractivity contribution in [3.05, 3.63) is 41.0 Å². The van der Waals surface area contributed by atoms with E-state index in [1.165, 1.54) is 16.7 Å². The Balaban J connectivity index is 1.99. The van der Waals surface area contributed by atoms with Crippen LogP contribution < -0.4 is 0 Å². The predicted molar refractivity (Wildman–Crippen MR) is 81.3 cm³/mol. The van der Waals surface area contributed by atoms with Crippen molar-refractivity contribution in [2.24, 2.45) is 0 Å². The van der Waals surface area contributed by atoms with E-state index in [4.69, 9.17) is 4.43 Å². The minimum atomic E-state index is -1.62. The molecular formula is C16H24OSi.